The summed E-state index contributed by atoms with van der Waals surface area (Å²) in [5.74, 6) is 0. The fourth-order valence-corrected chi connectivity index (χ4v) is 5.06. The van der Waals surface area contributed by atoms with E-state index < -0.39 is 5.60 Å². The number of aromatic nitrogens is 2. The number of piperazine rings is 1. The number of carbonyl (C=O) groups is 2. The van der Waals surface area contributed by atoms with Crippen molar-refractivity contribution in [2.75, 3.05) is 31.5 Å². The van der Waals surface area contributed by atoms with Gasteiger partial charge in [0, 0.05) is 49.3 Å². The summed E-state index contributed by atoms with van der Waals surface area (Å²) >= 11 is 1.40. The van der Waals surface area contributed by atoms with E-state index in [0.29, 0.717) is 31.3 Å². The van der Waals surface area contributed by atoms with Crippen molar-refractivity contribution in [1.82, 2.24) is 19.8 Å². The lowest BCUT2D eigenvalue weighted by atomic mass is 10.0. The molecule has 9 nitrogen and oxygen atoms in total. The molecule has 10 heteroatoms. The van der Waals surface area contributed by atoms with Gasteiger partial charge in [0.2, 0.25) is 0 Å². The van der Waals surface area contributed by atoms with Crippen LogP contribution in [-0.2, 0) is 4.74 Å². The Morgan fingerprint density at radius 1 is 1.00 bits per heavy atom. The first-order valence-corrected chi connectivity index (χ1v) is 13.0. The summed E-state index contributed by atoms with van der Waals surface area (Å²) in [6.07, 6.45) is 0.937. The third kappa shape index (κ3) is 6.51. The Balaban J connectivity index is 1.55. The van der Waals surface area contributed by atoms with Crippen LogP contribution in [0.15, 0.2) is 36.4 Å². The first kappa shape index (κ1) is 26.3. The van der Waals surface area contributed by atoms with Crippen molar-refractivity contribution < 1.29 is 14.3 Å². The van der Waals surface area contributed by atoms with Crippen molar-refractivity contribution in [3.8, 4) is 21.7 Å². The number of thiazole rings is 1. The highest BCUT2D eigenvalue weighted by atomic mass is 32.1. The van der Waals surface area contributed by atoms with Gasteiger partial charge in [-0.2, -0.15) is 0 Å². The van der Waals surface area contributed by atoms with Crippen LogP contribution in [0.1, 0.15) is 37.7 Å². The second-order valence-corrected chi connectivity index (χ2v) is 11.0. The second-order valence-electron chi connectivity index (χ2n) is 9.99. The molecule has 0 radical (unpaired) electrons. The molecule has 0 unspecified atom stereocenters. The largest absolute Gasteiger partial charge is 0.444 e. The molecule has 1 aliphatic rings. The summed E-state index contributed by atoms with van der Waals surface area (Å²) in [4.78, 5) is 38.9. The molecular weight excluding hydrogens is 488 g/mol. The topological polar surface area (TPSA) is 112 Å². The summed E-state index contributed by atoms with van der Waals surface area (Å²) in [6.45, 7) is 11.0. The second kappa shape index (κ2) is 10.7. The van der Waals surface area contributed by atoms with E-state index in [1.165, 1.54) is 17.6 Å². The van der Waals surface area contributed by atoms with E-state index in [1.54, 1.807) is 9.80 Å². The maximum atomic E-state index is 13.1. The zero-order valence-corrected chi connectivity index (χ0v) is 22.6. The Morgan fingerprint density at radius 3 is 2.27 bits per heavy atom. The fourth-order valence-electron chi connectivity index (χ4n) is 4.10. The average Bonchev–Trinajstić information content (AvgIpc) is 3.26. The van der Waals surface area contributed by atoms with Gasteiger partial charge in [-0.05, 0) is 63.9 Å². The predicted octanol–water partition coefficient (Wildman–Crippen LogP) is 5.57. The lowest BCUT2D eigenvalue weighted by molar-refractivity contribution is 0.0174. The Bertz CT molecular complexity index is 1300. The molecule has 4 rings (SSSR count). The number of hydrogen-bond acceptors (Lipinski definition) is 7. The van der Waals surface area contributed by atoms with Crippen molar-refractivity contribution >= 4 is 34.8 Å². The van der Waals surface area contributed by atoms with Gasteiger partial charge in [-0.15, -0.1) is 0 Å². The molecule has 1 saturated heterocycles. The number of pyridine rings is 1. The standard InChI is InChI=1S/C27H32N6O3S/c1-17-13-21(14-18(2)29-17)23-22(20-8-6-7-19(15-20)16-28)30-24(37-23)31-25(34)32-9-11-33(12-10-32)26(35)36-27(3,4)5/h6-8,13-16,28H,9-12H2,1-5H3,(H,30,31,34). The normalized spacial score (nSPS) is 13.9. The molecule has 2 aromatic heterocycles. The number of hydrogen-bond donors (Lipinski definition) is 2. The number of amides is 3. The van der Waals surface area contributed by atoms with Crippen LogP contribution >= 0.6 is 11.3 Å². The van der Waals surface area contributed by atoms with E-state index >= 15 is 0 Å². The number of nitrogens with zero attached hydrogens (tertiary/aromatic N) is 4. The van der Waals surface area contributed by atoms with Gasteiger partial charge < -0.3 is 19.9 Å². The van der Waals surface area contributed by atoms with Crippen molar-refractivity contribution in [3.63, 3.8) is 0 Å². The van der Waals surface area contributed by atoms with Crippen molar-refractivity contribution in [1.29, 1.82) is 5.41 Å². The minimum absolute atomic E-state index is 0.258. The van der Waals surface area contributed by atoms with Crippen LogP contribution in [0.4, 0.5) is 14.7 Å². The fraction of sp³-hybridized carbons (Fsp3) is 0.370. The number of nitrogens with one attached hydrogen (secondary N) is 2. The number of urea groups is 1. The summed E-state index contributed by atoms with van der Waals surface area (Å²) in [5, 5.41) is 11.1. The molecule has 0 saturated carbocycles. The number of ether oxygens (including phenoxy) is 1. The lowest BCUT2D eigenvalue weighted by Gasteiger charge is -2.35. The van der Waals surface area contributed by atoms with Crippen molar-refractivity contribution in [3.05, 3.63) is 53.3 Å². The summed E-state index contributed by atoms with van der Waals surface area (Å²) < 4.78 is 5.44. The molecule has 3 heterocycles. The highest BCUT2D eigenvalue weighted by molar-refractivity contribution is 7.19. The summed E-state index contributed by atoms with van der Waals surface area (Å²) in [7, 11) is 0. The molecule has 194 valence electrons. The van der Waals surface area contributed by atoms with E-state index in [4.69, 9.17) is 15.1 Å². The minimum atomic E-state index is -0.560. The summed E-state index contributed by atoms with van der Waals surface area (Å²) in [5.41, 5.74) is 4.59. The number of benzene rings is 1. The van der Waals surface area contributed by atoms with Gasteiger partial charge >= 0.3 is 12.1 Å². The molecule has 0 aliphatic carbocycles. The monoisotopic (exact) mass is 520 g/mol. The van der Waals surface area contributed by atoms with Gasteiger partial charge in [0.15, 0.2) is 5.13 Å². The Morgan fingerprint density at radius 2 is 1.65 bits per heavy atom. The average molecular weight is 521 g/mol. The Hall–Kier alpha value is -3.79. The smallest absolute Gasteiger partial charge is 0.410 e. The van der Waals surface area contributed by atoms with Crippen LogP contribution in [0, 0.1) is 19.3 Å². The summed E-state index contributed by atoms with van der Waals surface area (Å²) in [6, 6.07) is 11.4. The van der Waals surface area contributed by atoms with E-state index in [2.05, 4.69) is 10.3 Å². The maximum Gasteiger partial charge on any atom is 0.410 e. The van der Waals surface area contributed by atoms with Crippen LogP contribution in [-0.4, -0.2) is 69.9 Å². The number of anilines is 1. The zero-order valence-electron chi connectivity index (χ0n) is 21.8. The Labute approximate surface area is 221 Å². The van der Waals surface area contributed by atoms with Gasteiger partial charge in [0.1, 0.15) is 5.60 Å². The lowest BCUT2D eigenvalue weighted by Crippen LogP contribution is -2.52. The molecule has 37 heavy (non-hydrogen) atoms. The third-order valence-electron chi connectivity index (χ3n) is 5.73. The third-order valence-corrected chi connectivity index (χ3v) is 6.75. The molecule has 3 amide bonds. The van der Waals surface area contributed by atoms with Crippen LogP contribution in [0.3, 0.4) is 0 Å². The number of carbonyl (C=O) groups excluding carboxylic acids is 2. The minimum Gasteiger partial charge on any atom is -0.444 e. The van der Waals surface area contributed by atoms with Gasteiger partial charge in [-0.3, -0.25) is 10.3 Å². The zero-order chi connectivity index (χ0) is 26.7. The van der Waals surface area contributed by atoms with Gasteiger partial charge in [0.25, 0.3) is 0 Å². The quantitative estimate of drug-likeness (QED) is 0.437. The van der Waals surface area contributed by atoms with Crippen molar-refractivity contribution in [2.24, 2.45) is 0 Å². The molecule has 2 N–H and O–H groups in total. The molecule has 1 aliphatic heterocycles. The molecule has 0 atom stereocenters. The van der Waals surface area contributed by atoms with Crippen molar-refractivity contribution in [2.45, 2.75) is 40.2 Å². The number of rotatable bonds is 4. The molecular formula is C27H32N6O3S. The maximum absolute atomic E-state index is 13.1. The van der Waals surface area contributed by atoms with E-state index in [0.717, 1.165) is 38.6 Å². The molecule has 1 fully saturated rings. The molecule has 3 aromatic rings. The predicted molar refractivity (Wildman–Crippen MR) is 147 cm³/mol. The van der Waals surface area contributed by atoms with E-state index in [-0.39, 0.29) is 12.1 Å². The van der Waals surface area contributed by atoms with E-state index in [1.807, 2.05) is 71.0 Å². The van der Waals surface area contributed by atoms with E-state index in [9.17, 15) is 9.59 Å². The molecule has 1 aromatic carbocycles. The molecule has 0 bridgehead atoms. The first-order chi connectivity index (χ1) is 17.5. The van der Waals surface area contributed by atoms with Crippen LogP contribution < -0.4 is 5.32 Å². The Kier molecular flexibility index (Phi) is 7.58. The van der Waals surface area contributed by atoms with Gasteiger partial charge in [0.05, 0.1) is 10.6 Å². The highest BCUT2D eigenvalue weighted by Gasteiger charge is 2.28. The highest BCUT2D eigenvalue weighted by Crippen LogP contribution is 2.39. The number of aryl methyl sites for hydroxylation is 2. The van der Waals surface area contributed by atoms with Crippen LogP contribution in [0.5, 0.6) is 0 Å². The van der Waals surface area contributed by atoms with Gasteiger partial charge in [-0.1, -0.05) is 29.5 Å². The van der Waals surface area contributed by atoms with Gasteiger partial charge in [-0.25, -0.2) is 14.6 Å². The van der Waals surface area contributed by atoms with Crippen LogP contribution in [0.2, 0.25) is 0 Å². The SMILES string of the molecule is Cc1cc(-c2sc(NC(=O)N3CCN(C(=O)OC(C)(C)C)CC3)nc2-c2cccc(C=N)c2)cc(C)n1. The van der Waals surface area contributed by atoms with Crippen LogP contribution in [0.25, 0.3) is 21.7 Å². The first-order valence-electron chi connectivity index (χ1n) is 12.1. The molecule has 0 spiro atoms.